The van der Waals surface area contributed by atoms with E-state index in [4.69, 9.17) is 0 Å². The number of nitrogens with one attached hydrogen (secondary N) is 2. The van der Waals surface area contributed by atoms with E-state index in [9.17, 15) is 9.59 Å². The first-order chi connectivity index (χ1) is 8.23. The minimum Gasteiger partial charge on any atom is -0.347 e. The molecule has 0 bridgehead atoms. The van der Waals surface area contributed by atoms with Crippen LogP contribution in [0, 0.1) is 5.92 Å². The van der Waals surface area contributed by atoms with Crippen molar-refractivity contribution in [1.29, 1.82) is 0 Å². The Labute approximate surface area is 110 Å². The normalized spacial score (nSPS) is 12.7. The monoisotopic (exact) mass is 257 g/mol. The number of hydrogen-bond donors (Lipinski definition) is 2. The van der Waals surface area contributed by atoms with E-state index in [1.54, 1.807) is 14.1 Å². The van der Waals surface area contributed by atoms with Crippen LogP contribution in [0.5, 0.6) is 0 Å². The summed E-state index contributed by atoms with van der Waals surface area (Å²) in [6.07, 6.45) is 0.657. The highest BCUT2D eigenvalue weighted by atomic mass is 16.2. The zero-order valence-corrected chi connectivity index (χ0v) is 12.4. The van der Waals surface area contributed by atoms with Crippen molar-refractivity contribution in [1.82, 2.24) is 15.5 Å². The fourth-order valence-electron chi connectivity index (χ4n) is 1.55. The van der Waals surface area contributed by atoms with Gasteiger partial charge in [-0.1, -0.05) is 27.7 Å². The van der Waals surface area contributed by atoms with Gasteiger partial charge in [0.2, 0.25) is 11.8 Å². The lowest BCUT2D eigenvalue weighted by Gasteiger charge is -2.23. The van der Waals surface area contributed by atoms with E-state index in [1.807, 2.05) is 27.7 Å². The molecule has 1 atom stereocenters. The predicted octanol–water partition coefficient (Wildman–Crippen LogP) is 0.604. The van der Waals surface area contributed by atoms with Crippen LogP contribution in [-0.2, 0) is 9.59 Å². The third kappa shape index (κ3) is 7.27. The van der Waals surface area contributed by atoms with Crippen molar-refractivity contribution in [2.45, 2.75) is 46.2 Å². The van der Waals surface area contributed by atoms with E-state index in [1.165, 1.54) is 4.90 Å². The molecule has 0 aliphatic rings. The number of likely N-dealkylation sites (N-methyl/N-ethyl adjacent to an activating group) is 1. The summed E-state index contributed by atoms with van der Waals surface area (Å²) in [5.41, 5.74) is 0. The molecule has 1 unspecified atom stereocenters. The third-order valence-corrected chi connectivity index (χ3v) is 2.45. The molecule has 0 saturated heterocycles. The lowest BCUT2D eigenvalue weighted by molar-refractivity contribution is -0.134. The number of carbonyl (C=O) groups is 2. The van der Waals surface area contributed by atoms with Crippen molar-refractivity contribution in [3.05, 3.63) is 0 Å². The predicted molar refractivity (Wildman–Crippen MR) is 73.2 cm³/mol. The van der Waals surface area contributed by atoms with Crippen LogP contribution in [0.3, 0.4) is 0 Å². The van der Waals surface area contributed by atoms with E-state index < -0.39 is 6.04 Å². The zero-order chi connectivity index (χ0) is 14.3. The number of hydrogen-bond acceptors (Lipinski definition) is 3. The van der Waals surface area contributed by atoms with Gasteiger partial charge in [-0.3, -0.25) is 9.59 Å². The second-order valence-electron chi connectivity index (χ2n) is 5.52. The molecule has 0 spiro atoms. The molecular weight excluding hydrogens is 230 g/mol. The number of carbonyl (C=O) groups excluding carboxylic acids is 2. The van der Waals surface area contributed by atoms with Gasteiger partial charge in [-0.25, -0.2) is 0 Å². The summed E-state index contributed by atoms with van der Waals surface area (Å²) in [7, 11) is 3.41. The highest BCUT2D eigenvalue weighted by Gasteiger charge is 2.23. The molecule has 0 radical (unpaired) electrons. The Kier molecular flexibility index (Phi) is 7.59. The van der Waals surface area contributed by atoms with Crippen LogP contribution in [0.15, 0.2) is 0 Å². The van der Waals surface area contributed by atoms with E-state index in [0.717, 1.165) is 0 Å². The minimum atomic E-state index is -0.429. The summed E-state index contributed by atoms with van der Waals surface area (Å²) in [6, 6.07) is -0.176. The number of rotatable bonds is 7. The third-order valence-electron chi connectivity index (χ3n) is 2.45. The van der Waals surface area contributed by atoms with Crippen molar-refractivity contribution < 1.29 is 9.59 Å². The molecule has 0 heterocycles. The highest BCUT2D eigenvalue weighted by Crippen LogP contribution is 2.06. The van der Waals surface area contributed by atoms with Crippen LogP contribution < -0.4 is 10.6 Å². The topological polar surface area (TPSA) is 61.4 Å². The van der Waals surface area contributed by atoms with E-state index in [0.29, 0.717) is 12.3 Å². The Morgan fingerprint density at radius 2 is 1.67 bits per heavy atom. The molecule has 2 N–H and O–H groups in total. The maximum Gasteiger partial charge on any atom is 0.244 e. The van der Waals surface area contributed by atoms with Crippen LogP contribution in [0.2, 0.25) is 0 Å². The van der Waals surface area contributed by atoms with E-state index in [2.05, 4.69) is 10.6 Å². The highest BCUT2D eigenvalue weighted by molar-refractivity contribution is 5.88. The van der Waals surface area contributed by atoms with E-state index >= 15 is 0 Å². The van der Waals surface area contributed by atoms with Crippen LogP contribution in [0.4, 0.5) is 0 Å². The summed E-state index contributed by atoms with van der Waals surface area (Å²) in [6.45, 7) is 8.27. The van der Waals surface area contributed by atoms with Gasteiger partial charge in [-0.05, 0) is 12.3 Å². The summed E-state index contributed by atoms with van der Waals surface area (Å²) >= 11 is 0. The Morgan fingerprint density at radius 1 is 1.11 bits per heavy atom. The molecular formula is C13H27N3O2. The SMILES string of the molecule is CC(C)CC(NC(=O)CNC(C)C)C(=O)N(C)C. The molecule has 0 saturated carbocycles. The Morgan fingerprint density at radius 3 is 2.06 bits per heavy atom. The van der Waals surface area contributed by atoms with Gasteiger partial charge in [-0.15, -0.1) is 0 Å². The average molecular weight is 257 g/mol. The standard InChI is InChI=1S/C13H27N3O2/c1-9(2)7-11(13(18)16(5)6)15-12(17)8-14-10(3)4/h9-11,14H,7-8H2,1-6H3,(H,15,17). The summed E-state index contributed by atoms with van der Waals surface area (Å²) in [5, 5.41) is 5.83. The molecule has 0 aromatic carbocycles. The van der Waals surface area contributed by atoms with Crippen LogP contribution in [0.1, 0.15) is 34.1 Å². The van der Waals surface area contributed by atoms with Crippen LogP contribution in [-0.4, -0.2) is 49.4 Å². The first-order valence-electron chi connectivity index (χ1n) is 6.48. The van der Waals surface area contributed by atoms with Crippen molar-refractivity contribution in [2.75, 3.05) is 20.6 Å². The lowest BCUT2D eigenvalue weighted by Crippen LogP contribution is -2.49. The molecule has 0 rings (SSSR count). The summed E-state index contributed by atoms with van der Waals surface area (Å²) < 4.78 is 0. The Balaban J connectivity index is 4.40. The minimum absolute atomic E-state index is 0.0541. The molecule has 5 heteroatoms. The summed E-state index contributed by atoms with van der Waals surface area (Å²) in [5.74, 6) is 0.170. The molecule has 5 nitrogen and oxygen atoms in total. The molecule has 0 aromatic heterocycles. The van der Waals surface area contributed by atoms with Gasteiger partial charge in [0, 0.05) is 20.1 Å². The number of amides is 2. The Hall–Kier alpha value is -1.10. The van der Waals surface area contributed by atoms with Crippen LogP contribution in [0.25, 0.3) is 0 Å². The first-order valence-corrected chi connectivity index (χ1v) is 6.48. The zero-order valence-electron chi connectivity index (χ0n) is 12.4. The van der Waals surface area contributed by atoms with Crippen LogP contribution >= 0.6 is 0 Å². The molecule has 0 fully saturated rings. The van der Waals surface area contributed by atoms with Gasteiger partial charge in [0.25, 0.3) is 0 Å². The fraction of sp³-hybridized carbons (Fsp3) is 0.846. The largest absolute Gasteiger partial charge is 0.347 e. The quantitative estimate of drug-likeness (QED) is 0.702. The second-order valence-corrected chi connectivity index (χ2v) is 5.52. The van der Waals surface area contributed by atoms with Gasteiger partial charge in [-0.2, -0.15) is 0 Å². The average Bonchev–Trinajstić information content (AvgIpc) is 2.23. The van der Waals surface area contributed by atoms with E-state index in [-0.39, 0.29) is 24.4 Å². The molecule has 2 amide bonds. The smallest absolute Gasteiger partial charge is 0.244 e. The van der Waals surface area contributed by atoms with Crippen molar-refractivity contribution in [2.24, 2.45) is 5.92 Å². The molecule has 0 aliphatic carbocycles. The molecule has 106 valence electrons. The van der Waals surface area contributed by atoms with Gasteiger partial charge in [0.1, 0.15) is 6.04 Å². The molecule has 18 heavy (non-hydrogen) atoms. The van der Waals surface area contributed by atoms with Gasteiger partial charge in [0.05, 0.1) is 6.54 Å². The summed E-state index contributed by atoms with van der Waals surface area (Å²) in [4.78, 5) is 25.2. The van der Waals surface area contributed by atoms with Crippen molar-refractivity contribution >= 4 is 11.8 Å². The van der Waals surface area contributed by atoms with Crippen molar-refractivity contribution in [3.63, 3.8) is 0 Å². The second kappa shape index (κ2) is 8.08. The number of nitrogens with zero attached hydrogens (tertiary/aromatic N) is 1. The molecule has 0 aromatic rings. The molecule has 0 aliphatic heterocycles. The maximum absolute atomic E-state index is 11.9. The van der Waals surface area contributed by atoms with Gasteiger partial charge >= 0.3 is 0 Å². The van der Waals surface area contributed by atoms with Gasteiger partial charge < -0.3 is 15.5 Å². The fourth-order valence-corrected chi connectivity index (χ4v) is 1.55. The maximum atomic E-state index is 11.9. The lowest BCUT2D eigenvalue weighted by atomic mass is 10.0. The van der Waals surface area contributed by atoms with Crippen molar-refractivity contribution in [3.8, 4) is 0 Å². The first kappa shape index (κ1) is 16.9. The van der Waals surface area contributed by atoms with Gasteiger partial charge in [0.15, 0.2) is 0 Å². The Bertz CT molecular complexity index is 275.